The standard InChI is InChI=1S/C29H32N4O3/c1-19-4-11-28(30-18-19)31-26-16-20(2)33(21(3)34)27-10-9-24(17-25(26)27)22-5-7-23(8-6-22)29(35)32-12-14-36-15-13-32/h4-11,17-18,20,26H,12-16H2,1-3H3,(H,30,31). The van der Waals surface area contributed by atoms with Gasteiger partial charge in [0.2, 0.25) is 5.91 Å². The lowest BCUT2D eigenvalue weighted by Crippen LogP contribution is -2.43. The number of nitrogens with one attached hydrogen (secondary N) is 1. The number of hydrogen-bond donors (Lipinski definition) is 1. The molecule has 0 spiro atoms. The second-order valence-electron chi connectivity index (χ2n) is 9.65. The topological polar surface area (TPSA) is 74.8 Å². The number of benzene rings is 2. The molecule has 3 aromatic rings. The van der Waals surface area contributed by atoms with Gasteiger partial charge in [0.1, 0.15) is 5.82 Å². The molecule has 2 atom stereocenters. The molecule has 1 N–H and O–H groups in total. The Balaban J connectivity index is 1.45. The number of carbonyl (C=O) groups excluding carboxylic acids is 2. The fraction of sp³-hybridized carbons (Fsp3) is 0.345. The summed E-state index contributed by atoms with van der Waals surface area (Å²) < 4.78 is 5.36. The van der Waals surface area contributed by atoms with Crippen LogP contribution in [0.4, 0.5) is 11.5 Å². The molecule has 0 aliphatic carbocycles. The summed E-state index contributed by atoms with van der Waals surface area (Å²) in [6, 6.07) is 18.1. The van der Waals surface area contributed by atoms with Gasteiger partial charge in [-0.2, -0.15) is 0 Å². The Bertz CT molecular complexity index is 1250. The lowest BCUT2D eigenvalue weighted by Gasteiger charge is -2.39. The average molecular weight is 485 g/mol. The van der Waals surface area contributed by atoms with Crippen LogP contribution in [0.5, 0.6) is 0 Å². The lowest BCUT2D eigenvalue weighted by molar-refractivity contribution is -0.117. The van der Waals surface area contributed by atoms with E-state index in [9.17, 15) is 9.59 Å². The number of hydrogen-bond acceptors (Lipinski definition) is 5. The average Bonchev–Trinajstić information content (AvgIpc) is 2.90. The SMILES string of the molecule is CC(=O)N1c2ccc(-c3ccc(C(=O)N4CCOCC4)cc3)cc2C(Nc2ccc(C)cn2)CC1C. The summed E-state index contributed by atoms with van der Waals surface area (Å²) in [5.74, 6) is 0.891. The Hall–Kier alpha value is -3.71. The Labute approximate surface area is 212 Å². The highest BCUT2D eigenvalue weighted by Crippen LogP contribution is 2.41. The first-order valence-electron chi connectivity index (χ1n) is 12.5. The monoisotopic (exact) mass is 484 g/mol. The van der Waals surface area contributed by atoms with Gasteiger partial charge in [0.05, 0.1) is 19.3 Å². The van der Waals surface area contributed by atoms with Gasteiger partial charge in [-0.05, 0) is 72.9 Å². The van der Waals surface area contributed by atoms with Crippen molar-refractivity contribution in [3.05, 3.63) is 77.5 Å². The molecule has 1 saturated heterocycles. The van der Waals surface area contributed by atoms with Gasteiger partial charge in [0.25, 0.3) is 5.91 Å². The van der Waals surface area contributed by atoms with Crippen LogP contribution < -0.4 is 10.2 Å². The zero-order chi connectivity index (χ0) is 25.2. The predicted molar refractivity (Wildman–Crippen MR) is 141 cm³/mol. The number of fused-ring (bicyclic) bond motifs is 1. The maximum absolute atomic E-state index is 12.8. The fourth-order valence-corrected chi connectivity index (χ4v) is 5.15. The Morgan fingerprint density at radius 2 is 1.72 bits per heavy atom. The quantitative estimate of drug-likeness (QED) is 0.574. The minimum Gasteiger partial charge on any atom is -0.378 e. The van der Waals surface area contributed by atoms with E-state index in [-0.39, 0.29) is 23.9 Å². The maximum Gasteiger partial charge on any atom is 0.254 e. The van der Waals surface area contributed by atoms with Gasteiger partial charge < -0.3 is 19.9 Å². The molecule has 5 rings (SSSR count). The van der Waals surface area contributed by atoms with Crippen LogP contribution in [0.2, 0.25) is 0 Å². The summed E-state index contributed by atoms with van der Waals surface area (Å²) in [5, 5.41) is 3.58. The zero-order valence-electron chi connectivity index (χ0n) is 21.0. The third-order valence-corrected chi connectivity index (χ3v) is 7.02. The van der Waals surface area contributed by atoms with Gasteiger partial charge in [0.15, 0.2) is 0 Å². The minimum absolute atomic E-state index is 0.0166. The molecule has 2 unspecified atom stereocenters. The molecule has 2 amide bonds. The molecule has 2 aliphatic rings. The van der Waals surface area contributed by atoms with Gasteiger partial charge in [0, 0.05) is 43.5 Å². The zero-order valence-corrected chi connectivity index (χ0v) is 21.0. The first-order chi connectivity index (χ1) is 17.4. The van der Waals surface area contributed by atoms with Gasteiger partial charge in [-0.1, -0.05) is 24.3 Å². The molecule has 36 heavy (non-hydrogen) atoms. The Kier molecular flexibility index (Phi) is 6.74. The largest absolute Gasteiger partial charge is 0.378 e. The van der Waals surface area contributed by atoms with Crippen LogP contribution in [-0.4, -0.2) is 54.0 Å². The third-order valence-electron chi connectivity index (χ3n) is 7.02. The smallest absolute Gasteiger partial charge is 0.254 e. The number of anilines is 2. The van der Waals surface area contributed by atoms with E-state index < -0.39 is 0 Å². The van der Waals surface area contributed by atoms with Crippen LogP contribution in [-0.2, 0) is 9.53 Å². The summed E-state index contributed by atoms with van der Waals surface area (Å²) in [4.78, 5) is 33.6. The maximum atomic E-state index is 12.8. The van der Waals surface area contributed by atoms with E-state index in [1.54, 1.807) is 6.92 Å². The molecular weight excluding hydrogens is 452 g/mol. The number of ether oxygens (including phenoxy) is 1. The summed E-state index contributed by atoms with van der Waals surface area (Å²) in [7, 11) is 0. The number of rotatable bonds is 4. The minimum atomic E-state index is 0.0166. The highest BCUT2D eigenvalue weighted by atomic mass is 16.5. The van der Waals surface area contributed by atoms with Crippen molar-refractivity contribution >= 4 is 23.3 Å². The number of nitrogens with zero attached hydrogens (tertiary/aromatic N) is 3. The number of aromatic nitrogens is 1. The summed E-state index contributed by atoms with van der Waals surface area (Å²) in [5.41, 5.74) is 5.85. The highest BCUT2D eigenvalue weighted by molar-refractivity contribution is 5.95. The summed E-state index contributed by atoms with van der Waals surface area (Å²) >= 11 is 0. The Morgan fingerprint density at radius 1 is 1.00 bits per heavy atom. The van der Waals surface area contributed by atoms with Crippen LogP contribution in [0.1, 0.15) is 47.8 Å². The number of morpholine rings is 1. The van der Waals surface area contributed by atoms with Crippen molar-refractivity contribution < 1.29 is 14.3 Å². The predicted octanol–water partition coefficient (Wildman–Crippen LogP) is 4.83. The molecule has 7 heteroatoms. The van der Waals surface area contributed by atoms with E-state index >= 15 is 0 Å². The summed E-state index contributed by atoms with van der Waals surface area (Å²) in [6.45, 7) is 8.14. The lowest BCUT2D eigenvalue weighted by atomic mass is 9.89. The summed E-state index contributed by atoms with van der Waals surface area (Å²) in [6.07, 6.45) is 2.63. The molecule has 186 valence electrons. The highest BCUT2D eigenvalue weighted by Gasteiger charge is 2.33. The van der Waals surface area contributed by atoms with Gasteiger partial charge in [-0.15, -0.1) is 0 Å². The van der Waals surface area contributed by atoms with Crippen LogP contribution >= 0.6 is 0 Å². The fourth-order valence-electron chi connectivity index (χ4n) is 5.15. The van der Waals surface area contributed by atoms with Gasteiger partial charge >= 0.3 is 0 Å². The van der Waals surface area contributed by atoms with Crippen molar-refractivity contribution in [2.75, 3.05) is 36.5 Å². The second kappa shape index (κ2) is 10.1. The van der Waals surface area contributed by atoms with Crippen LogP contribution in [0.25, 0.3) is 11.1 Å². The molecule has 3 heterocycles. The molecule has 2 aliphatic heterocycles. The number of carbonyl (C=O) groups is 2. The number of amides is 2. The van der Waals surface area contributed by atoms with Crippen LogP contribution in [0.15, 0.2) is 60.8 Å². The van der Waals surface area contributed by atoms with E-state index in [0.717, 1.165) is 40.2 Å². The van der Waals surface area contributed by atoms with Crippen molar-refractivity contribution in [2.45, 2.75) is 39.3 Å². The molecule has 0 radical (unpaired) electrons. The first kappa shape index (κ1) is 24.0. The molecular formula is C29H32N4O3. The van der Waals surface area contributed by atoms with E-state index in [1.807, 2.05) is 71.5 Å². The molecule has 0 bridgehead atoms. The van der Waals surface area contributed by atoms with Crippen molar-refractivity contribution in [3.8, 4) is 11.1 Å². The van der Waals surface area contributed by atoms with Crippen molar-refractivity contribution in [3.63, 3.8) is 0 Å². The van der Waals surface area contributed by atoms with E-state index in [4.69, 9.17) is 4.74 Å². The molecule has 1 aromatic heterocycles. The molecule has 0 saturated carbocycles. The number of pyridine rings is 1. The van der Waals surface area contributed by atoms with E-state index in [1.165, 1.54) is 0 Å². The molecule has 1 fully saturated rings. The van der Waals surface area contributed by atoms with Gasteiger partial charge in [-0.25, -0.2) is 4.98 Å². The second-order valence-corrected chi connectivity index (χ2v) is 9.65. The first-order valence-corrected chi connectivity index (χ1v) is 12.5. The molecule has 7 nitrogen and oxygen atoms in total. The Morgan fingerprint density at radius 3 is 2.39 bits per heavy atom. The van der Waals surface area contributed by atoms with Crippen molar-refractivity contribution in [1.29, 1.82) is 0 Å². The van der Waals surface area contributed by atoms with Crippen molar-refractivity contribution in [2.24, 2.45) is 0 Å². The third kappa shape index (κ3) is 4.84. The van der Waals surface area contributed by atoms with Crippen LogP contribution in [0, 0.1) is 6.92 Å². The molecule has 2 aromatic carbocycles. The van der Waals surface area contributed by atoms with Gasteiger partial charge in [-0.3, -0.25) is 9.59 Å². The van der Waals surface area contributed by atoms with E-state index in [0.29, 0.717) is 31.9 Å². The van der Waals surface area contributed by atoms with Crippen LogP contribution in [0.3, 0.4) is 0 Å². The normalized spacial score (nSPS) is 19.5. The van der Waals surface area contributed by atoms with E-state index in [2.05, 4.69) is 23.3 Å². The number of aryl methyl sites for hydroxylation is 1. The van der Waals surface area contributed by atoms with Crippen molar-refractivity contribution in [1.82, 2.24) is 9.88 Å².